The lowest BCUT2D eigenvalue weighted by atomic mass is 10.0. The van der Waals surface area contributed by atoms with Gasteiger partial charge >= 0.3 is 5.69 Å². The summed E-state index contributed by atoms with van der Waals surface area (Å²) in [5, 5.41) is 11.3. The Morgan fingerprint density at radius 3 is 2.58 bits per heavy atom. The van der Waals surface area contributed by atoms with Gasteiger partial charge in [-0.2, -0.15) is 4.98 Å². The van der Waals surface area contributed by atoms with Crippen molar-refractivity contribution in [1.82, 2.24) is 19.9 Å². The van der Waals surface area contributed by atoms with E-state index >= 15 is 4.39 Å². The first kappa shape index (κ1) is 35.9. The number of benzene rings is 2. The molecule has 0 aliphatic rings. The van der Waals surface area contributed by atoms with Crippen molar-refractivity contribution < 1.29 is 9.50 Å². The van der Waals surface area contributed by atoms with E-state index in [0.717, 1.165) is 63.3 Å². The van der Waals surface area contributed by atoms with Crippen molar-refractivity contribution >= 4 is 28.5 Å². The number of hydrogen-bond acceptors (Lipinski definition) is 7. The topological polar surface area (TPSA) is 173 Å². The number of aliphatic hydroxyl groups is 1. The molecule has 4 aromatic rings. The molecule has 0 radical (unpaired) electrons. The maximum absolute atomic E-state index is 15.1. The quantitative estimate of drug-likeness (QED) is 0.0626. The number of fused-ring (bicyclic) bond motifs is 1. The zero-order valence-electron chi connectivity index (χ0n) is 26.3. The lowest BCUT2D eigenvalue weighted by molar-refractivity contribution is 0.399. The monoisotopic (exact) mass is 640 g/mol. The summed E-state index contributed by atoms with van der Waals surface area (Å²) >= 11 is 6.25. The van der Waals surface area contributed by atoms with Crippen LogP contribution in [0.3, 0.4) is 0 Å². The number of halogens is 2. The molecule has 0 saturated heterocycles. The molecule has 0 aliphatic heterocycles. The van der Waals surface area contributed by atoms with Gasteiger partial charge in [0.15, 0.2) is 5.82 Å². The highest BCUT2D eigenvalue weighted by Gasteiger charge is 2.16. The van der Waals surface area contributed by atoms with Crippen LogP contribution in [0.5, 0.6) is 0 Å². The number of aromatic amines is 1. The summed E-state index contributed by atoms with van der Waals surface area (Å²) in [6.45, 7) is 5.82. The summed E-state index contributed by atoms with van der Waals surface area (Å²) in [5.41, 5.74) is 20.6. The minimum atomic E-state index is -0.516. The summed E-state index contributed by atoms with van der Waals surface area (Å²) in [6.07, 6.45) is 7.05. The van der Waals surface area contributed by atoms with Crippen LogP contribution < -0.4 is 28.2 Å². The van der Waals surface area contributed by atoms with Crippen molar-refractivity contribution in [3.63, 3.8) is 0 Å². The molecule has 12 heteroatoms. The van der Waals surface area contributed by atoms with Gasteiger partial charge in [0.2, 0.25) is 0 Å². The second-order valence-electron chi connectivity index (χ2n) is 11.0. The van der Waals surface area contributed by atoms with Crippen LogP contribution in [0.15, 0.2) is 58.4 Å². The van der Waals surface area contributed by atoms with E-state index < -0.39 is 11.5 Å². The lowest BCUT2D eigenvalue weighted by Crippen LogP contribution is -2.25. The molecule has 244 valence electrons. The number of H-pyrrole nitrogens is 1. The van der Waals surface area contributed by atoms with Gasteiger partial charge in [0, 0.05) is 42.9 Å². The molecule has 0 spiro atoms. The smallest absolute Gasteiger partial charge is 0.354 e. The number of amidine groups is 1. The molecule has 4 rings (SSSR count). The SMILES string of the molecule is CCCC(NCCCN=C(N)CN)c1ccc(-n2cc3cc(-c4cc(CCCC(C)N)cc(Cl)c4F)[nH]c3nc2=O)cc1.CO. The second kappa shape index (κ2) is 17.8. The van der Waals surface area contributed by atoms with Crippen molar-refractivity contribution in [2.45, 2.75) is 64.5 Å². The number of nitrogens with two attached hydrogens (primary N) is 3. The maximum atomic E-state index is 15.1. The fourth-order valence-electron chi connectivity index (χ4n) is 5.12. The number of nitrogens with zero attached hydrogens (tertiary/aromatic N) is 3. The van der Waals surface area contributed by atoms with E-state index in [4.69, 9.17) is 33.9 Å². The van der Waals surface area contributed by atoms with Gasteiger partial charge in [-0.3, -0.25) is 9.56 Å². The molecule has 0 amide bonds. The van der Waals surface area contributed by atoms with E-state index in [1.165, 1.54) is 4.57 Å². The van der Waals surface area contributed by atoms with E-state index in [2.05, 4.69) is 27.2 Å². The van der Waals surface area contributed by atoms with E-state index in [1.54, 1.807) is 24.4 Å². The van der Waals surface area contributed by atoms with Crippen LogP contribution in [0.25, 0.3) is 28.0 Å². The van der Waals surface area contributed by atoms with Crippen LogP contribution in [-0.4, -0.2) is 58.3 Å². The molecule has 2 aromatic carbocycles. The van der Waals surface area contributed by atoms with Gasteiger partial charge in [0.25, 0.3) is 0 Å². The van der Waals surface area contributed by atoms with Crippen molar-refractivity contribution in [3.05, 3.63) is 81.1 Å². The predicted molar refractivity (Wildman–Crippen MR) is 183 cm³/mol. The minimum absolute atomic E-state index is 0.0558. The molecule has 2 atom stereocenters. The summed E-state index contributed by atoms with van der Waals surface area (Å²) in [7, 11) is 1.00. The Balaban J connectivity index is 0.00000271. The largest absolute Gasteiger partial charge is 0.400 e. The third-order valence-electron chi connectivity index (χ3n) is 7.41. The summed E-state index contributed by atoms with van der Waals surface area (Å²) in [5.74, 6) is -0.0494. The normalized spacial score (nSPS) is 13.0. The Bertz CT molecular complexity index is 1600. The Labute approximate surface area is 268 Å². The number of aliphatic imine (C=N–C) groups is 1. The van der Waals surface area contributed by atoms with Crippen LogP contribution >= 0.6 is 11.6 Å². The van der Waals surface area contributed by atoms with Gasteiger partial charge in [0.1, 0.15) is 11.5 Å². The average molecular weight is 641 g/mol. The first-order valence-corrected chi connectivity index (χ1v) is 15.7. The van der Waals surface area contributed by atoms with Crippen molar-refractivity contribution in [3.8, 4) is 16.9 Å². The number of aliphatic hydroxyl groups excluding tert-OH is 1. The van der Waals surface area contributed by atoms with Crippen molar-refractivity contribution in [1.29, 1.82) is 0 Å². The van der Waals surface area contributed by atoms with Gasteiger partial charge in [0.05, 0.1) is 22.9 Å². The summed E-state index contributed by atoms with van der Waals surface area (Å²) in [4.78, 5) is 24.6. The van der Waals surface area contributed by atoms with E-state index in [0.29, 0.717) is 40.4 Å². The Hall–Kier alpha value is -3.61. The zero-order chi connectivity index (χ0) is 32.9. The zero-order valence-corrected chi connectivity index (χ0v) is 27.1. The van der Waals surface area contributed by atoms with Crippen molar-refractivity contribution in [2.24, 2.45) is 22.2 Å². The van der Waals surface area contributed by atoms with Crippen LogP contribution in [0, 0.1) is 5.82 Å². The maximum Gasteiger partial charge on any atom is 0.354 e. The molecule has 10 nitrogen and oxygen atoms in total. The van der Waals surface area contributed by atoms with Gasteiger partial charge in [-0.25, -0.2) is 9.18 Å². The Morgan fingerprint density at radius 2 is 1.91 bits per heavy atom. The molecule has 2 aromatic heterocycles. The first-order chi connectivity index (χ1) is 21.7. The Kier molecular flexibility index (Phi) is 14.2. The highest BCUT2D eigenvalue weighted by Crippen LogP contribution is 2.31. The van der Waals surface area contributed by atoms with Crippen LogP contribution in [0.2, 0.25) is 5.02 Å². The van der Waals surface area contributed by atoms with E-state index in [-0.39, 0.29) is 23.7 Å². The van der Waals surface area contributed by atoms with E-state index in [9.17, 15) is 4.79 Å². The third kappa shape index (κ3) is 9.94. The predicted octanol–water partition coefficient (Wildman–Crippen LogP) is 4.59. The number of rotatable bonds is 15. The highest BCUT2D eigenvalue weighted by atomic mass is 35.5. The van der Waals surface area contributed by atoms with Crippen LogP contribution in [0.1, 0.15) is 63.1 Å². The summed E-state index contributed by atoms with van der Waals surface area (Å²) in [6, 6.07) is 13.4. The number of nitrogens with one attached hydrogen (secondary N) is 2. The number of aromatic nitrogens is 3. The molecule has 0 bridgehead atoms. The van der Waals surface area contributed by atoms with E-state index in [1.807, 2.05) is 31.2 Å². The average Bonchev–Trinajstić information content (AvgIpc) is 3.44. The highest BCUT2D eigenvalue weighted by molar-refractivity contribution is 6.31. The Morgan fingerprint density at radius 1 is 1.18 bits per heavy atom. The van der Waals surface area contributed by atoms with Gasteiger partial charge in [-0.05, 0) is 87.0 Å². The standard InChI is InChI=1S/C32H42ClFN8O.CH4O/c1-3-6-27(38-13-5-14-39-29(37)18-35)22-9-11-24(12-10-22)42-19-23-17-28(40-31(23)41-32(42)43)25-15-21(8-4-7-20(2)36)16-26(33)30(25)34;1-2/h9-12,15-17,19-20,27,38H,3-8,13-14,18,35-36H2,1-2H3,(H2,37,39)(H,40,41,43);2H,1H3. The molecule has 0 aliphatic carbocycles. The molecular formula is C33H46ClFN8O2. The lowest BCUT2D eigenvalue weighted by Gasteiger charge is -2.19. The fraction of sp³-hybridized carbons (Fsp3) is 0.424. The van der Waals surface area contributed by atoms with Gasteiger partial charge < -0.3 is 32.6 Å². The molecule has 9 N–H and O–H groups in total. The second-order valence-corrected chi connectivity index (χ2v) is 11.4. The first-order valence-electron chi connectivity index (χ1n) is 15.3. The van der Waals surface area contributed by atoms with Crippen molar-refractivity contribution in [2.75, 3.05) is 26.7 Å². The molecule has 0 fully saturated rings. The van der Waals surface area contributed by atoms with Gasteiger partial charge in [-0.15, -0.1) is 0 Å². The van der Waals surface area contributed by atoms with Gasteiger partial charge in [-0.1, -0.05) is 37.1 Å². The minimum Gasteiger partial charge on any atom is -0.400 e. The molecule has 0 saturated carbocycles. The molecule has 2 heterocycles. The summed E-state index contributed by atoms with van der Waals surface area (Å²) < 4.78 is 16.6. The number of hydrogen-bond donors (Lipinski definition) is 6. The third-order valence-corrected chi connectivity index (χ3v) is 7.69. The molecule has 45 heavy (non-hydrogen) atoms. The van der Waals surface area contributed by atoms with Crippen LogP contribution in [0.4, 0.5) is 4.39 Å². The number of aryl methyl sites for hydroxylation is 1. The van der Waals surface area contributed by atoms with Crippen LogP contribution in [-0.2, 0) is 6.42 Å². The molecular weight excluding hydrogens is 595 g/mol. The fourth-order valence-corrected chi connectivity index (χ4v) is 5.37. The molecule has 2 unspecified atom stereocenters.